The average molecular weight is 251 g/mol. The van der Waals surface area contributed by atoms with Crippen molar-refractivity contribution in [2.24, 2.45) is 5.84 Å². The van der Waals surface area contributed by atoms with Crippen LogP contribution in [0.15, 0.2) is 18.3 Å². The highest BCUT2D eigenvalue weighted by molar-refractivity contribution is 5.33. The van der Waals surface area contributed by atoms with E-state index in [1.165, 1.54) is 25.7 Å². The van der Waals surface area contributed by atoms with Crippen LogP contribution in [0.5, 0.6) is 0 Å². The van der Waals surface area contributed by atoms with Gasteiger partial charge < -0.3 is 10.2 Å². The van der Waals surface area contributed by atoms with E-state index in [2.05, 4.69) is 24.3 Å². The van der Waals surface area contributed by atoms with Crippen LogP contribution in [0.25, 0.3) is 0 Å². The van der Waals surface area contributed by atoms with E-state index in [0.717, 1.165) is 12.0 Å². The number of hydrazine groups is 1. The fourth-order valence-corrected chi connectivity index (χ4v) is 1.78. The molecule has 1 rings (SSSR count). The molecule has 0 spiro atoms. The normalized spacial score (nSPS) is 12.4. The minimum atomic E-state index is 0.314. The first kappa shape index (κ1) is 14.9. The van der Waals surface area contributed by atoms with Crippen LogP contribution in [-0.2, 0) is 11.3 Å². The van der Waals surface area contributed by atoms with E-state index in [9.17, 15) is 0 Å². The molecule has 102 valence electrons. The molecule has 0 aliphatic heterocycles. The predicted molar refractivity (Wildman–Crippen MR) is 75.1 cm³/mol. The zero-order valence-corrected chi connectivity index (χ0v) is 11.5. The zero-order valence-electron chi connectivity index (χ0n) is 11.5. The largest absolute Gasteiger partial charge is 0.374 e. The standard InChI is InChI=1S/C14H25N3O/c1-3-4-5-6-7-12(2)18-11-13-8-9-14(17-15)16-10-13/h8-10,12H,3-7,11,15H2,1-2H3,(H,16,17). The molecular formula is C14H25N3O. The van der Waals surface area contributed by atoms with Gasteiger partial charge in [0.2, 0.25) is 0 Å². The van der Waals surface area contributed by atoms with Crippen molar-refractivity contribution in [1.82, 2.24) is 4.98 Å². The van der Waals surface area contributed by atoms with E-state index in [1.54, 1.807) is 6.20 Å². The van der Waals surface area contributed by atoms with Gasteiger partial charge in [0.05, 0.1) is 12.7 Å². The van der Waals surface area contributed by atoms with Gasteiger partial charge in [-0.05, 0) is 25.0 Å². The lowest BCUT2D eigenvalue weighted by Crippen LogP contribution is -2.10. The van der Waals surface area contributed by atoms with Crippen molar-refractivity contribution in [2.45, 2.75) is 58.7 Å². The Balaban J connectivity index is 2.18. The summed E-state index contributed by atoms with van der Waals surface area (Å²) in [6.45, 7) is 4.98. The number of rotatable bonds is 9. The number of nitrogens with two attached hydrogens (primary N) is 1. The van der Waals surface area contributed by atoms with Crippen molar-refractivity contribution in [1.29, 1.82) is 0 Å². The summed E-state index contributed by atoms with van der Waals surface area (Å²) in [7, 11) is 0. The van der Waals surface area contributed by atoms with Crippen LogP contribution in [0.2, 0.25) is 0 Å². The fraction of sp³-hybridized carbons (Fsp3) is 0.643. The summed E-state index contributed by atoms with van der Waals surface area (Å²) in [5.74, 6) is 5.93. The Morgan fingerprint density at radius 1 is 1.33 bits per heavy atom. The van der Waals surface area contributed by atoms with Gasteiger partial charge in [-0.2, -0.15) is 0 Å². The van der Waals surface area contributed by atoms with Gasteiger partial charge in [0.15, 0.2) is 0 Å². The van der Waals surface area contributed by atoms with E-state index < -0.39 is 0 Å². The molecule has 4 heteroatoms. The van der Waals surface area contributed by atoms with Crippen LogP contribution in [0, 0.1) is 0 Å². The third kappa shape index (κ3) is 5.98. The Morgan fingerprint density at radius 2 is 2.17 bits per heavy atom. The Morgan fingerprint density at radius 3 is 2.78 bits per heavy atom. The van der Waals surface area contributed by atoms with Gasteiger partial charge in [0, 0.05) is 6.20 Å². The highest BCUT2D eigenvalue weighted by atomic mass is 16.5. The van der Waals surface area contributed by atoms with Crippen molar-refractivity contribution in [3.05, 3.63) is 23.9 Å². The molecule has 0 amide bonds. The zero-order chi connectivity index (χ0) is 13.2. The summed E-state index contributed by atoms with van der Waals surface area (Å²) in [6, 6.07) is 3.83. The fourth-order valence-electron chi connectivity index (χ4n) is 1.78. The molecule has 0 saturated heterocycles. The van der Waals surface area contributed by atoms with E-state index in [1.807, 2.05) is 12.1 Å². The highest BCUT2D eigenvalue weighted by Gasteiger charge is 2.03. The number of unbranched alkanes of at least 4 members (excludes halogenated alkanes) is 3. The number of nitrogen functional groups attached to an aromatic ring is 1. The molecule has 0 saturated carbocycles. The molecule has 3 N–H and O–H groups in total. The Hall–Kier alpha value is -1.13. The second-order valence-corrected chi connectivity index (χ2v) is 4.67. The maximum absolute atomic E-state index is 5.79. The first-order chi connectivity index (χ1) is 8.76. The van der Waals surface area contributed by atoms with Crippen LogP contribution in [0.1, 0.15) is 51.5 Å². The van der Waals surface area contributed by atoms with Gasteiger partial charge in [0.25, 0.3) is 0 Å². The molecule has 0 radical (unpaired) electrons. The van der Waals surface area contributed by atoms with Crippen molar-refractivity contribution in [3.63, 3.8) is 0 Å². The molecule has 1 unspecified atom stereocenters. The van der Waals surface area contributed by atoms with Gasteiger partial charge in [-0.1, -0.05) is 38.7 Å². The monoisotopic (exact) mass is 251 g/mol. The predicted octanol–water partition coefficient (Wildman–Crippen LogP) is 3.24. The van der Waals surface area contributed by atoms with E-state index in [-0.39, 0.29) is 0 Å². The molecule has 1 heterocycles. The van der Waals surface area contributed by atoms with Gasteiger partial charge in [0.1, 0.15) is 5.82 Å². The minimum Gasteiger partial charge on any atom is -0.374 e. The van der Waals surface area contributed by atoms with Crippen LogP contribution in [-0.4, -0.2) is 11.1 Å². The quantitative estimate of drug-likeness (QED) is 0.402. The lowest BCUT2D eigenvalue weighted by Gasteiger charge is -2.13. The Labute approximate surface area is 110 Å². The Bertz CT molecular complexity index is 313. The molecule has 0 aromatic carbocycles. The number of anilines is 1. The van der Waals surface area contributed by atoms with Crippen molar-refractivity contribution in [2.75, 3.05) is 5.43 Å². The third-order valence-electron chi connectivity index (χ3n) is 2.97. The molecule has 1 atom stereocenters. The van der Waals surface area contributed by atoms with Gasteiger partial charge in [-0.25, -0.2) is 10.8 Å². The molecule has 0 aliphatic rings. The van der Waals surface area contributed by atoms with Crippen LogP contribution in [0.3, 0.4) is 0 Å². The maximum atomic E-state index is 5.79. The van der Waals surface area contributed by atoms with Gasteiger partial charge in [-0.3, -0.25) is 0 Å². The minimum absolute atomic E-state index is 0.314. The molecule has 0 bridgehead atoms. The maximum Gasteiger partial charge on any atom is 0.139 e. The van der Waals surface area contributed by atoms with Gasteiger partial charge >= 0.3 is 0 Å². The molecule has 0 aliphatic carbocycles. The number of hydrogen-bond donors (Lipinski definition) is 2. The molecule has 18 heavy (non-hydrogen) atoms. The molecule has 0 fully saturated rings. The lowest BCUT2D eigenvalue weighted by atomic mass is 10.1. The van der Waals surface area contributed by atoms with Crippen molar-refractivity contribution in [3.8, 4) is 0 Å². The second kappa shape index (κ2) is 8.89. The topological polar surface area (TPSA) is 60.2 Å². The molecule has 1 aromatic heterocycles. The van der Waals surface area contributed by atoms with E-state index in [0.29, 0.717) is 18.5 Å². The first-order valence-electron chi connectivity index (χ1n) is 6.79. The summed E-state index contributed by atoms with van der Waals surface area (Å²) in [5.41, 5.74) is 3.59. The summed E-state index contributed by atoms with van der Waals surface area (Å²) >= 11 is 0. The van der Waals surface area contributed by atoms with Crippen molar-refractivity contribution < 1.29 is 4.74 Å². The first-order valence-corrected chi connectivity index (χ1v) is 6.79. The third-order valence-corrected chi connectivity index (χ3v) is 2.97. The van der Waals surface area contributed by atoms with Crippen LogP contribution >= 0.6 is 0 Å². The average Bonchev–Trinajstić information content (AvgIpc) is 2.42. The van der Waals surface area contributed by atoms with Crippen LogP contribution < -0.4 is 11.3 Å². The summed E-state index contributed by atoms with van der Waals surface area (Å²) in [4.78, 5) is 4.15. The number of ether oxygens (including phenoxy) is 1. The summed E-state index contributed by atoms with van der Waals surface area (Å²) in [6.07, 6.45) is 8.40. The molecular weight excluding hydrogens is 226 g/mol. The SMILES string of the molecule is CCCCCCC(C)OCc1ccc(NN)nc1. The van der Waals surface area contributed by atoms with Crippen molar-refractivity contribution >= 4 is 5.82 Å². The number of pyridine rings is 1. The van der Waals surface area contributed by atoms with Crippen LogP contribution in [0.4, 0.5) is 5.82 Å². The Kier molecular flexibility index (Phi) is 7.37. The van der Waals surface area contributed by atoms with Gasteiger partial charge in [-0.15, -0.1) is 0 Å². The summed E-state index contributed by atoms with van der Waals surface area (Å²) < 4.78 is 5.79. The smallest absolute Gasteiger partial charge is 0.139 e. The molecule has 4 nitrogen and oxygen atoms in total. The number of nitrogens with zero attached hydrogens (tertiary/aromatic N) is 1. The number of hydrogen-bond acceptors (Lipinski definition) is 4. The highest BCUT2D eigenvalue weighted by Crippen LogP contribution is 2.11. The second-order valence-electron chi connectivity index (χ2n) is 4.67. The van der Waals surface area contributed by atoms with E-state index >= 15 is 0 Å². The van der Waals surface area contributed by atoms with E-state index in [4.69, 9.17) is 10.6 Å². The number of nitrogens with one attached hydrogen (secondary N) is 1. The lowest BCUT2D eigenvalue weighted by molar-refractivity contribution is 0.0457. The number of aromatic nitrogens is 1. The summed E-state index contributed by atoms with van der Waals surface area (Å²) in [5, 5.41) is 0. The molecule has 1 aromatic rings.